The normalized spacial score (nSPS) is 11.7. The molecule has 1 aromatic heterocycles. The van der Waals surface area contributed by atoms with Crippen LogP contribution in [-0.4, -0.2) is 22.3 Å². The number of alkyl halides is 1. The molecule has 3 nitrogen and oxygen atoms in total. The molecule has 116 valence electrons. The number of nitrogens with zero attached hydrogens (tertiary/aromatic N) is 2. The Hall–Kier alpha value is -1.20. The molecule has 1 aromatic carbocycles. The predicted molar refractivity (Wildman–Crippen MR) is 79.5 cm³/mol. The molecular formula is C15H19ClF2N2O. The standard InChI is InChI=1S/C15H19ClF2N2O/c1-10(2)21-8-4-3-7-20-13(9-16)19-12-6-5-11(17)14(18)15(12)20/h5-6,10H,3-4,7-9H2,1-2H3. The lowest BCUT2D eigenvalue weighted by Crippen LogP contribution is -2.07. The highest BCUT2D eigenvalue weighted by atomic mass is 35.5. The number of hydrogen-bond acceptors (Lipinski definition) is 2. The summed E-state index contributed by atoms with van der Waals surface area (Å²) in [7, 11) is 0. The van der Waals surface area contributed by atoms with E-state index in [1.807, 2.05) is 13.8 Å². The zero-order valence-corrected chi connectivity index (χ0v) is 13.0. The van der Waals surface area contributed by atoms with Crippen LogP contribution in [0.5, 0.6) is 0 Å². The molecular weight excluding hydrogens is 298 g/mol. The summed E-state index contributed by atoms with van der Waals surface area (Å²) >= 11 is 5.85. The zero-order chi connectivity index (χ0) is 15.4. The first-order valence-electron chi connectivity index (χ1n) is 7.05. The smallest absolute Gasteiger partial charge is 0.184 e. The van der Waals surface area contributed by atoms with Gasteiger partial charge in [0.25, 0.3) is 0 Å². The van der Waals surface area contributed by atoms with Crippen molar-refractivity contribution in [1.29, 1.82) is 0 Å². The van der Waals surface area contributed by atoms with Crippen molar-refractivity contribution in [2.45, 2.75) is 45.2 Å². The van der Waals surface area contributed by atoms with Gasteiger partial charge in [-0.1, -0.05) is 0 Å². The molecule has 1 heterocycles. The summed E-state index contributed by atoms with van der Waals surface area (Å²) in [6, 6.07) is 2.56. The van der Waals surface area contributed by atoms with Gasteiger partial charge >= 0.3 is 0 Å². The fourth-order valence-corrected chi connectivity index (χ4v) is 2.44. The van der Waals surface area contributed by atoms with Gasteiger partial charge in [-0.25, -0.2) is 13.8 Å². The highest BCUT2D eigenvalue weighted by Gasteiger charge is 2.16. The van der Waals surface area contributed by atoms with Crippen LogP contribution in [0.2, 0.25) is 0 Å². The third-order valence-corrected chi connectivity index (χ3v) is 3.46. The lowest BCUT2D eigenvalue weighted by Gasteiger charge is -2.10. The molecule has 0 aliphatic carbocycles. The van der Waals surface area contributed by atoms with Gasteiger partial charge in [-0.05, 0) is 38.8 Å². The van der Waals surface area contributed by atoms with Crippen molar-refractivity contribution in [3.05, 3.63) is 29.6 Å². The van der Waals surface area contributed by atoms with Gasteiger partial charge in [0.2, 0.25) is 0 Å². The molecule has 0 N–H and O–H groups in total. The molecule has 2 rings (SSSR count). The fourth-order valence-electron chi connectivity index (χ4n) is 2.24. The number of halogens is 3. The molecule has 6 heteroatoms. The summed E-state index contributed by atoms with van der Waals surface area (Å²) in [6.07, 6.45) is 1.83. The van der Waals surface area contributed by atoms with Gasteiger partial charge in [0.15, 0.2) is 11.6 Å². The molecule has 0 saturated carbocycles. The Morgan fingerprint density at radius 1 is 1.29 bits per heavy atom. The van der Waals surface area contributed by atoms with Crippen molar-refractivity contribution in [3.63, 3.8) is 0 Å². The first-order valence-corrected chi connectivity index (χ1v) is 7.58. The Balaban J connectivity index is 2.15. The first-order chi connectivity index (χ1) is 10.0. The number of rotatable bonds is 7. The van der Waals surface area contributed by atoms with E-state index in [1.165, 1.54) is 6.07 Å². The van der Waals surface area contributed by atoms with Crippen LogP contribution in [0.3, 0.4) is 0 Å². The minimum atomic E-state index is -0.868. The Kier molecular flexibility index (Phi) is 5.53. The van der Waals surface area contributed by atoms with E-state index in [1.54, 1.807) is 4.57 Å². The van der Waals surface area contributed by atoms with Crippen LogP contribution in [0.15, 0.2) is 12.1 Å². The number of fused-ring (bicyclic) bond motifs is 1. The molecule has 0 unspecified atom stereocenters. The summed E-state index contributed by atoms with van der Waals surface area (Å²) in [6.45, 7) is 5.15. The minimum absolute atomic E-state index is 0.165. The summed E-state index contributed by atoms with van der Waals surface area (Å²) < 4.78 is 34.5. The third-order valence-electron chi connectivity index (χ3n) is 3.23. The number of aryl methyl sites for hydroxylation is 1. The number of imidazole rings is 1. The highest BCUT2D eigenvalue weighted by Crippen LogP contribution is 2.23. The quantitative estimate of drug-likeness (QED) is 0.564. The van der Waals surface area contributed by atoms with Crippen LogP contribution in [0.25, 0.3) is 11.0 Å². The Bertz CT molecular complexity index is 613. The molecule has 0 radical (unpaired) electrons. The molecule has 21 heavy (non-hydrogen) atoms. The maximum absolute atomic E-state index is 14.0. The first kappa shape index (κ1) is 16.2. The predicted octanol–water partition coefficient (Wildman–Crippen LogP) is 4.26. The second-order valence-electron chi connectivity index (χ2n) is 5.17. The van der Waals surface area contributed by atoms with Crippen LogP contribution in [0.1, 0.15) is 32.5 Å². The Labute approximate surface area is 127 Å². The van der Waals surface area contributed by atoms with Crippen molar-refractivity contribution >= 4 is 22.6 Å². The van der Waals surface area contributed by atoms with Crippen LogP contribution < -0.4 is 0 Å². The largest absolute Gasteiger partial charge is 0.379 e. The van der Waals surface area contributed by atoms with Gasteiger partial charge in [-0.15, -0.1) is 11.6 Å². The Morgan fingerprint density at radius 2 is 2.05 bits per heavy atom. The molecule has 0 fully saturated rings. The van der Waals surface area contributed by atoms with Crippen LogP contribution in [-0.2, 0) is 17.2 Å². The van der Waals surface area contributed by atoms with Crippen molar-refractivity contribution in [1.82, 2.24) is 9.55 Å². The number of aromatic nitrogens is 2. The zero-order valence-electron chi connectivity index (χ0n) is 12.2. The van der Waals surface area contributed by atoms with Gasteiger partial charge in [0.05, 0.1) is 17.5 Å². The van der Waals surface area contributed by atoms with Gasteiger partial charge in [-0.3, -0.25) is 0 Å². The minimum Gasteiger partial charge on any atom is -0.379 e. The summed E-state index contributed by atoms with van der Waals surface area (Å²) in [5, 5.41) is 0. The second-order valence-corrected chi connectivity index (χ2v) is 5.44. The molecule has 0 aliphatic heterocycles. The molecule has 0 saturated heterocycles. The number of hydrogen-bond donors (Lipinski definition) is 0. The molecule has 0 aliphatic rings. The Morgan fingerprint density at radius 3 is 2.71 bits per heavy atom. The molecule has 0 bridgehead atoms. The topological polar surface area (TPSA) is 27.1 Å². The van der Waals surface area contributed by atoms with E-state index in [4.69, 9.17) is 16.3 Å². The van der Waals surface area contributed by atoms with Crippen LogP contribution >= 0.6 is 11.6 Å². The van der Waals surface area contributed by atoms with E-state index < -0.39 is 11.6 Å². The van der Waals surface area contributed by atoms with Crippen molar-refractivity contribution < 1.29 is 13.5 Å². The third kappa shape index (κ3) is 3.71. The van der Waals surface area contributed by atoms with E-state index in [0.717, 1.165) is 18.9 Å². The molecule has 0 atom stereocenters. The van der Waals surface area contributed by atoms with Crippen molar-refractivity contribution in [3.8, 4) is 0 Å². The maximum Gasteiger partial charge on any atom is 0.184 e. The number of ether oxygens (including phenoxy) is 1. The van der Waals surface area contributed by atoms with E-state index in [2.05, 4.69) is 4.98 Å². The van der Waals surface area contributed by atoms with Crippen LogP contribution in [0.4, 0.5) is 8.78 Å². The van der Waals surface area contributed by atoms with Gasteiger partial charge in [0.1, 0.15) is 11.3 Å². The fraction of sp³-hybridized carbons (Fsp3) is 0.533. The van der Waals surface area contributed by atoms with E-state index >= 15 is 0 Å². The van der Waals surface area contributed by atoms with Crippen LogP contribution in [0, 0.1) is 11.6 Å². The van der Waals surface area contributed by atoms with Crippen molar-refractivity contribution in [2.75, 3.05) is 6.61 Å². The summed E-state index contributed by atoms with van der Waals surface area (Å²) in [5.74, 6) is -1.01. The lowest BCUT2D eigenvalue weighted by atomic mass is 10.2. The average Bonchev–Trinajstić information content (AvgIpc) is 2.81. The summed E-state index contributed by atoms with van der Waals surface area (Å²) in [5.41, 5.74) is 0.624. The molecule has 2 aromatic rings. The second kappa shape index (κ2) is 7.18. The maximum atomic E-state index is 14.0. The lowest BCUT2D eigenvalue weighted by molar-refractivity contribution is 0.0754. The molecule has 0 spiro atoms. The highest BCUT2D eigenvalue weighted by molar-refractivity contribution is 6.16. The van der Waals surface area contributed by atoms with Gasteiger partial charge < -0.3 is 9.30 Å². The SMILES string of the molecule is CC(C)OCCCCn1c(CCl)nc2ccc(F)c(F)c21. The summed E-state index contributed by atoms with van der Waals surface area (Å²) in [4.78, 5) is 4.25. The van der Waals surface area contributed by atoms with Crippen molar-refractivity contribution in [2.24, 2.45) is 0 Å². The monoisotopic (exact) mass is 316 g/mol. The van der Waals surface area contributed by atoms with Gasteiger partial charge in [-0.2, -0.15) is 0 Å². The van der Waals surface area contributed by atoms with E-state index in [0.29, 0.717) is 24.5 Å². The molecule has 0 amide bonds. The number of benzene rings is 1. The number of unbranched alkanes of at least 4 members (excludes halogenated alkanes) is 1. The average molecular weight is 317 g/mol. The van der Waals surface area contributed by atoms with Gasteiger partial charge in [0, 0.05) is 13.2 Å². The van der Waals surface area contributed by atoms with E-state index in [9.17, 15) is 8.78 Å². The van der Waals surface area contributed by atoms with E-state index in [-0.39, 0.29) is 17.5 Å².